The highest BCUT2D eigenvalue weighted by Gasteiger charge is 2.11. The van der Waals surface area contributed by atoms with Crippen LogP contribution in [0.1, 0.15) is 11.1 Å². The maximum atomic E-state index is 6.07. The molecule has 0 atom stereocenters. The van der Waals surface area contributed by atoms with E-state index in [4.69, 9.17) is 4.42 Å². The van der Waals surface area contributed by atoms with Crippen molar-refractivity contribution in [1.29, 1.82) is 0 Å². The van der Waals surface area contributed by atoms with Gasteiger partial charge in [-0.15, -0.1) is 0 Å². The van der Waals surface area contributed by atoms with Crippen LogP contribution >= 0.6 is 0 Å². The fraction of sp³-hybridized carbons (Fsp3) is 0.0667. The molecule has 1 aromatic heterocycles. The summed E-state index contributed by atoms with van der Waals surface area (Å²) in [5.74, 6) is 0. The van der Waals surface area contributed by atoms with E-state index in [0.29, 0.717) is 0 Å². The zero-order valence-electron chi connectivity index (χ0n) is 17.8. The molecule has 5 aromatic carbocycles. The van der Waals surface area contributed by atoms with E-state index in [1.165, 1.54) is 38.2 Å². The molecule has 0 aliphatic rings. The molecule has 6 aromatic rings. The van der Waals surface area contributed by atoms with Gasteiger partial charge in [-0.05, 0) is 41.8 Å². The first kappa shape index (κ1) is 19.1. The third-order valence-electron chi connectivity index (χ3n) is 5.77. The Balaban J connectivity index is 0.000000157. The molecule has 0 bridgehead atoms. The van der Waals surface area contributed by atoms with Crippen LogP contribution in [0.25, 0.3) is 43.8 Å². The maximum absolute atomic E-state index is 6.07. The van der Waals surface area contributed by atoms with E-state index >= 15 is 0 Å². The summed E-state index contributed by atoms with van der Waals surface area (Å²) in [6, 6.07) is 37.9. The molecule has 0 amide bonds. The summed E-state index contributed by atoms with van der Waals surface area (Å²) in [7, 11) is 0. The number of hydrogen-bond acceptors (Lipinski definition) is 1. The van der Waals surface area contributed by atoms with E-state index in [2.05, 4.69) is 111 Å². The third-order valence-corrected chi connectivity index (χ3v) is 5.77. The molecule has 0 saturated heterocycles. The van der Waals surface area contributed by atoms with Crippen LogP contribution in [0.2, 0.25) is 0 Å². The lowest BCUT2D eigenvalue weighted by molar-refractivity contribution is 0.670. The maximum Gasteiger partial charge on any atom is 0.143 e. The molecule has 0 aliphatic heterocycles. The molecule has 1 nitrogen and oxygen atoms in total. The minimum Gasteiger partial charge on any atom is -0.455 e. The number of furan rings is 1. The predicted molar refractivity (Wildman–Crippen MR) is 133 cm³/mol. The van der Waals surface area contributed by atoms with Crippen molar-refractivity contribution < 1.29 is 4.42 Å². The van der Waals surface area contributed by atoms with Gasteiger partial charge in [-0.1, -0.05) is 109 Å². The standard InChI is InChI=1S/C19H14O.C11H10/c1-13-9-11-14(12-10-13)15-6-4-7-17-16-5-2-3-8-18(16)20-19(15)17;1-9-5-4-7-10-6-2-3-8-11(9)10/h2-12H,1H3;2-8H,1H3. The van der Waals surface area contributed by atoms with Crippen LogP contribution < -0.4 is 0 Å². The highest BCUT2D eigenvalue weighted by Crippen LogP contribution is 2.35. The molecule has 0 aliphatic carbocycles. The normalized spacial score (nSPS) is 10.9. The summed E-state index contributed by atoms with van der Waals surface area (Å²) in [5.41, 5.74) is 6.88. The lowest BCUT2D eigenvalue weighted by Crippen LogP contribution is -1.79. The Morgan fingerprint density at radius 1 is 0.516 bits per heavy atom. The molecule has 0 radical (unpaired) electrons. The van der Waals surface area contributed by atoms with E-state index < -0.39 is 0 Å². The highest BCUT2D eigenvalue weighted by atomic mass is 16.3. The molecule has 0 fully saturated rings. The Kier molecular flexibility index (Phi) is 5.01. The van der Waals surface area contributed by atoms with Crippen LogP contribution in [-0.2, 0) is 0 Å². The van der Waals surface area contributed by atoms with Crippen molar-refractivity contribution in [3.8, 4) is 11.1 Å². The average Bonchev–Trinajstić information content (AvgIpc) is 3.19. The Morgan fingerprint density at radius 3 is 1.97 bits per heavy atom. The lowest BCUT2D eigenvalue weighted by atomic mass is 10.0. The molecule has 6 rings (SSSR count). The summed E-state index contributed by atoms with van der Waals surface area (Å²) in [6.07, 6.45) is 0. The van der Waals surface area contributed by atoms with Gasteiger partial charge in [0.05, 0.1) is 0 Å². The lowest BCUT2D eigenvalue weighted by Gasteiger charge is -2.03. The third kappa shape index (κ3) is 3.71. The second-order valence-corrected chi connectivity index (χ2v) is 7.94. The van der Waals surface area contributed by atoms with Gasteiger partial charge in [0, 0.05) is 16.3 Å². The first-order chi connectivity index (χ1) is 15.2. The molecule has 0 saturated carbocycles. The number of benzene rings is 5. The molecule has 1 heterocycles. The van der Waals surface area contributed by atoms with E-state index in [-0.39, 0.29) is 0 Å². The van der Waals surface area contributed by atoms with Crippen LogP contribution in [0.5, 0.6) is 0 Å². The topological polar surface area (TPSA) is 13.1 Å². The Bertz CT molecular complexity index is 1480. The summed E-state index contributed by atoms with van der Waals surface area (Å²) in [6.45, 7) is 4.24. The molecular weight excluding hydrogens is 376 g/mol. The molecule has 1 heteroatoms. The smallest absolute Gasteiger partial charge is 0.143 e. The molecule has 0 spiro atoms. The largest absolute Gasteiger partial charge is 0.455 e. The monoisotopic (exact) mass is 400 g/mol. The molecule has 31 heavy (non-hydrogen) atoms. The van der Waals surface area contributed by atoms with Gasteiger partial charge in [0.2, 0.25) is 0 Å². The van der Waals surface area contributed by atoms with E-state index in [9.17, 15) is 0 Å². The van der Waals surface area contributed by atoms with E-state index in [1.807, 2.05) is 12.1 Å². The summed E-state index contributed by atoms with van der Waals surface area (Å²) >= 11 is 0. The number of aryl methyl sites for hydroxylation is 2. The molecular formula is C30H24O. The Hall–Kier alpha value is -3.84. The van der Waals surface area contributed by atoms with Crippen molar-refractivity contribution >= 4 is 32.7 Å². The number of para-hydroxylation sites is 2. The minimum absolute atomic E-state index is 0.946. The van der Waals surface area contributed by atoms with Crippen LogP contribution in [-0.4, -0.2) is 0 Å². The second kappa shape index (κ2) is 8.12. The number of rotatable bonds is 1. The van der Waals surface area contributed by atoms with E-state index in [0.717, 1.165) is 16.7 Å². The van der Waals surface area contributed by atoms with Crippen molar-refractivity contribution in [3.63, 3.8) is 0 Å². The fourth-order valence-electron chi connectivity index (χ4n) is 4.09. The minimum atomic E-state index is 0.946. The number of fused-ring (bicyclic) bond motifs is 4. The quantitative estimate of drug-likeness (QED) is 0.269. The van der Waals surface area contributed by atoms with Crippen molar-refractivity contribution in [2.45, 2.75) is 13.8 Å². The highest BCUT2D eigenvalue weighted by molar-refractivity contribution is 6.09. The van der Waals surface area contributed by atoms with Gasteiger partial charge < -0.3 is 4.42 Å². The van der Waals surface area contributed by atoms with Gasteiger partial charge in [-0.2, -0.15) is 0 Å². The van der Waals surface area contributed by atoms with Crippen LogP contribution in [0.15, 0.2) is 114 Å². The first-order valence-electron chi connectivity index (χ1n) is 10.6. The summed E-state index contributed by atoms with van der Waals surface area (Å²) < 4.78 is 6.07. The van der Waals surface area contributed by atoms with Crippen LogP contribution in [0, 0.1) is 13.8 Å². The number of hydrogen-bond donors (Lipinski definition) is 0. The molecule has 0 N–H and O–H groups in total. The average molecular weight is 401 g/mol. The Morgan fingerprint density at radius 2 is 1.16 bits per heavy atom. The molecule has 150 valence electrons. The SMILES string of the molecule is Cc1ccc(-c2cccc3c2oc2ccccc23)cc1.Cc1cccc2ccccc12. The van der Waals surface area contributed by atoms with E-state index in [1.54, 1.807) is 0 Å². The Labute approximate surface area is 182 Å². The first-order valence-corrected chi connectivity index (χ1v) is 10.6. The van der Waals surface area contributed by atoms with Crippen molar-refractivity contribution in [2.75, 3.05) is 0 Å². The zero-order chi connectivity index (χ0) is 21.2. The summed E-state index contributed by atoms with van der Waals surface area (Å²) in [4.78, 5) is 0. The van der Waals surface area contributed by atoms with Gasteiger partial charge in [0.25, 0.3) is 0 Å². The van der Waals surface area contributed by atoms with Crippen molar-refractivity contribution in [3.05, 3.63) is 120 Å². The fourth-order valence-corrected chi connectivity index (χ4v) is 4.09. The van der Waals surface area contributed by atoms with Crippen LogP contribution in [0.4, 0.5) is 0 Å². The van der Waals surface area contributed by atoms with Crippen LogP contribution in [0.3, 0.4) is 0 Å². The van der Waals surface area contributed by atoms with Gasteiger partial charge in [-0.3, -0.25) is 0 Å². The molecule has 0 unspecified atom stereocenters. The van der Waals surface area contributed by atoms with Gasteiger partial charge in [0.1, 0.15) is 11.2 Å². The second-order valence-electron chi connectivity index (χ2n) is 7.94. The van der Waals surface area contributed by atoms with Gasteiger partial charge in [-0.25, -0.2) is 0 Å². The summed E-state index contributed by atoms with van der Waals surface area (Å²) in [5, 5.41) is 5.04. The van der Waals surface area contributed by atoms with Gasteiger partial charge >= 0.3 is 0 Å². The van der Waals surface area contributed by atoms with Crippen molar-refractivity contribution in [2.24, 2.45) is 0 Å². The zero-order valence-corrected chi connectivity index (χ0v) is 17.8. The van der Waals surface area contributed by atoms with Crippen molar-refractivity contribution in [1.82, 2.24) is 0 Å². The van der Waals surface area contributed by atoms with Gasteiger partial charge in [0.15, 0.2) is 0 Å². The predicted octanol–water partition coefficient (Wildman–Crippen LogP) is 8.71.